The molecule has 3 aromatic rings. The average molecular weight is 531 g/mol. The summed E-state index contributed by atoms with van der Waals surface area (Å²) in [5, 5.41) is 21.8. The molecule has 3 heterocycles. The topological polar surface area (TPSA) is 140 Å². The smallest absolute Gasteiger partial charge is 0.382 e. The molecular formula is C27H21F3N8O. The molecule has 0 bridgehead atoms. The van der Waals surface area contributed by atoms with Gasteiger partial charge in [-0.05, 0) is 47.0 Å². The Morgan fingerprint density at radius 2 is 1.95 bits per heavy atom. The van der Waals surface area contributed by atoms with Crippen molar-refractivity contribution in [2.75, 3.05) is 10.6 Å². The molecule has 2 aliphatic heterocycles. The van der Waals surface area contributed by atoms with Crippen LogP contribution >= 0.6 is 0 Å². The van der Waals surface area contributed by atoms with E-state index >= 15 is 0 Å². The van der Waals surface area contributed by atoms with Crippen molar-refractivity contribution >= 4 is 28.8 Å². The van der Waals surface area contributed by atoms with E-state index in [4.69, 9.17) is 11.0 Å². The number of amides is 1. The molecule has 0 fully saturated rings. The Kier molecular flexibility index (Phi) is 6.64. The van der Waals surface area contributed by atoms with Crippen LogP contribution in [0.5, 0.6) is 0 Å². The molecule has 1 atom stereocenters. The summed E-state index contributed by atoms with van der Waals surface area (Å²) in [4.78, 5) is 16.9. The van der Waals surface area contributed by atoms with Gasteiger partial charge in [0.25, 0.3) is 5.91 Å². The fraction of sp³-hybridized carbons (Fsp3) is 0.111. The monoisotopic (exact) mass is 530 g/mol. The van der Waals surface area contributed by atoms with Gasteiger partial charge in [0.05, 0.1) is 22.8 Å². The van der Waals surface area contributed by atoms with Gasteiger partial charge < -0.3 is 21.7 Å². The lowest BCUT2D eigenvalue weighted by Gasteiger charge is -2.19. The number of nitrogens with one attached hydrogen (secondary N) is 4. The Morgan fingerprint density at radius 1 is 1.15 bits per heavy atom. The van der Waals surface area contributed by atoms with Crippen molar-refractivity contribution in [2.24, 2.45) is 10.8 Å². The van der Waals surface area contributed by atoms with Crippen molar-refractivity contribution in [3.8, 4) is 6.07 Å². The molecule has 6 N–H and O–H groups in total. The van der Waals surface area contributed by atoms with Crippen LogP contribution in [0.2, 0.25) is 0 Å². The summed E-state index contributed by atoms with van der Waals surface area (Å²) in [6, 6.07) is 16.3. The number of fused-ring (bicyclic) bond motifs is 1. The predicted octanol–water partition coefficient (Wildman–Crippen LogP) is 3.91. The van der Waals surface area contributed by atoms with E-state index in [2.05, 4.69) is 31.5 Å². The number of aromatic nitrogens is 1. The maximum absolute atomic E-state index is 13.4. The number of anilines is 2. The summed E-state index contributed by atoms with van der Waals surface area (Å²) in [6.45, 7) is 0.201. The number of benzene rings is 2. The Labute approximate surface area is 220 Å². The highest BCUT2D eigenvalue weighted by atomic mass is 19.4. The number of rotatable bonds is 6. The lowest BCUT2D eigenvalue weighted by molar-refractivity contribution is -0.137. The zero-order valence-corrected chi connectivity index (χ0v) is 20.2. The number of halogens is 3. The maximum atomic E-state index is 13.4. The standard InChI is InChI=1S/C27H21F3N8O/c28-27(29,30)19-10-22(26(39)36-20-3-1-2-16(8-20)11-31)24(35-14-19)33-12-15-4-6-17(7-5-15)18-9-21-23(32)37-38-25(21)34-13-18/h1-10,13-14,25,34,38H,12H2,(H2,32,37)(H,33,35)(H,36,39). The summed E-state index contributed by atoms with van der Waals surface area (Å²) in [5.74, 6) is -0.395. The number of nitrogens with two attached hydrogens (primary N) is 1. The highest BCUT2D eigenvalue weighted by Gasteiger charge is 2.32. The molecule has 9 nitrogen and oxygen atoms in total. The lowest BCUT2D eigenvalue weighted by Crippen LogP contribution is -2.37. The number of allylic oxidation sites excluding steroid dienone is 2. The first-order valence-corrected chi connectivity index (χ1v) is 11.7. The highest BCUT2D eigenvalue weighted by Crippen LogP contribution is 2.31. The molecule has 39 heavy (non-hydrogen) atoms. The van der Waals surface area contributed by atoms with E-state index in [1.807, 2.05) is 42.6 Å². The minimum Gasteiger partial charge on any atom is -0.382 e. The summed E-state index contributed by atoms with van der Waals surface area (Å²) in [6.07, 6.45) is -0.368. The van der Waals surface area contributed by atoms with E-state index in [9.17, 15) is 18.0 Å². The van der Waals surface area contributed by atoms with E-state index < -0.39 is 17.6 Å². The molecule has 1 amide bonds. The number of hydrazone groups is 1. The van der Waals surface area contributed by atoms with Crippen molar-refractivity contribution in [1.29, 1.82) is 5.26 Å². The Morgan fingerprint density at radius 3 is 2.69 bits per heavy atom. The number of hydrogen-bond donors (Lipinski definition) is 5. The fourth-order valence-corrected chi connectivity index (χ4v) is 4.05. The van der Waals surface area contributed by atoms with Crippen molar-refractivity contribution < 1.29 is 18.0 Å². The summed E-state index contributed by atoms with van der Waals surface area (Å²) >= 11 is 0. The molecule has 2 aromatic carbocycles. The second-order valence-corrected chi connectivity index (χ2v) is 8.74. The zero-order valence-electron chi connectivity index (χ0n) is 20.2. The van der Waals surface area contributed by atoms with Crippen LogP contribution in [0, 0.1) is 11.3 Å². The van der Waals surface area contributed by atoms with Crippen LogP contribution in [-0.4, -0.2) is 22.9 Å². The predicted molar refractivity (Wildman–Crippen MR) is 140 cm³/mol. The van der Waals surface area contributed by atoms with Crippen molar-refractivity contribution in [3.63, 3.8) is 0 Å². The maximum Gasteiger partial charge on any atom is 0.417 e. The minimum absolute atomic E-state index is 0.0144. The first-order valence-electron chi connectivity index (χ1n) is 11.7. The quantitative estimate of drug-likeness (QED) is 0.326. The van der Waals surface area contributed by atoms with E-state index in [0.29, 0.717) is 17.6 Å². The molecule has 1 aromatic heterocycles. The van der Waals surface area contributed by atoms with Crippen molar-refractivity contribution in [3.05, 3.63) is 106 Å². The Bertz CT molecular complexity index is 1570. The minimum atomic E-state index is -4.68. The van der Waals surface area contributed by atoms with E-state index in [1.54, 1.807) is 12.1 Å². The fourth-order valence-electron chi connectivity index (χ4n) is 4.05. The number of dihydropyridines is 1. The van der Waals surface area contributed by atoms with E-state index in [1.165, 1.54) is 12.1 Å². The Hall–Kier alpha value is -5.31. The molecule has 0 spiro atoms. The third-order valence-electron chi connectivity index (χ3n) is 6.09. The van der Waals surface area contributed by atoms with Crippen LogP contribution < -0.4 is 27.1 Å². The lowest BCUT2D eigenvalue weighted by atomic mass is 9.99. The third-order valence-corrected chi connectivity index (χ3v) is 6.09. The molecule has 0 saturated heterocycles. The summed E-state index contributed by atoms with van der Waals surface area (Å²) in [7, 11) is 0. The number of amidine groups is 1. The first-order chi connectivity index (χ1) is 18.7. The molecule has 5 rings (SSSR count). The number of hydrogen-bond acceptors (Lipinski definition) is 8. The number of carbonyl (C=O) groups excluding carboxylic acids is 1. The molecule has 0 saturated carbocycles. The van der Waals surface area contributed by atoms with Gasteiger partial charge in [-0.15, -0.1) is 0 Å². The van der Waals surface area contributed by atoms with Gasteiger partial charge in [-0.25, -0.2) is 4.98 Å². The molecule has 12 heteroatoms. The Balaban J connectivity index is 1.33. The van der Waals surface area contributed by atoms with Crippen LogP contribution in [0.25, 0.3) is 5.57 Å². The van der Waals surface area contributed by atoms with Crippen LogP contribution in [0.15, 0.2) is 83.7 Å². The first kappa shape index (κ1) is 25.3. The normalized spacial score (nSPS) is 15.9. The van der Waals surface area contributed by atoms with Gasteiger partial charge in [-0.1, -0.05) is 30.3 Å². The van der Waals surface area contributed by atoms with E-state index in [0.717, 1.165) is 28.3 Å². The number of pyridine rings is 1. The molecule has 2 aliphatic rings. The highest BCUT2D eigenvalue weighted by molar-refractivity contribution is 6.07. The van der Waals surface area contributed by atoms with Crippen LogP contribution in [0.4, 0.5) is 24.7 Å². The third kappa shape index (κ3) is 5.52. The van der Waals surface area contributed by atoms with Crippen LogP contribution in [0.3, 0.4) is 0 Å². The number of alkyl halides is 3. The van der Waals surface area contributed by atoms with Crippen molar-refractivity contribution in [1.82, 2.24) is 15.7 Å². The SMILES string of the molecule is N#Cc1cccc(NC(=O)c2cc(C(F)(F)F)cnc2NCc2ccc(C3=CNC4NN=C(N)C4=C3)cc2)c1. The van der Waals surface area contributed by atoms with E-state index in [-0.39, 0.29) is 29.8 Å². The molecule has 196 valence electrons. The molecular weight excluding hydrogens is 509 g/mol. The van der Waals surface area contributed by atoms with Crippen LogP contribution in [0.1, 0.15) is 32.6 Å². The average Bonchev–Trinajstić information content (AvgIpc) is 3.31. The van der Waals surface area contributed by atoms with Gasteiger partial charge in [0, 0.05) is 30.2 Å². The largest absolute Gasteiger partial charge is 0.417 e. The van der Waals surface area contributed by atoms with Gasteiger partial charge >= 0.3 is 6.18 Å². The van der Waals surface area contributed by atoms with Gasteiger partial charge in [-0.2, -0.15) is 23.5 Å². The van der Waals surface area contributed by atoms with Gasteiger partial charge in [0.1, 0.15) is 12.0 Å². The van der Waals surface area contributed by atoms with Gasteiger partial charge in [0.15, 0.2) is 5.84 Å². The molecule has 0 aliphatic carbocycles. The molecule has 1 unspecified atom stereocenters. The number of nitrogens with zero attached hydrogens (tertiary/aromatic N) is 3. The molecule has 0 radical (unpaired) electrons. The van der Waals surface area contributed by atoms with Gasteiger partial charge in [0.2, 0.25) is 0 Å². The zero-order chi connectivity index (χ0) is 27.6. The van der Waals surface area contributed by atoms with Gasteiger partial charge in [-0.3, -0.25) is 10.2 Å². The number of nitriles is 1. The summed E-state index contributed by atoms with van der Waals surface area (Å²) < 4.78 is 40.1. The van der Waals surface area contributed by atoms with Crippen molar-refractivity contribution in [2.45, 2.75) is 18.9 Å². The van der Waals surface area contributed by atoms with Crippen LogP contribution in [-0.2, 0) is 12.7 Å². The second-order valence-electron chi connectivity index (χ2n) is 8.74. The number of carbonyl (C=O) groups is 1. The summed E-state index contributed by atoms with van der Waals surface area (Å²) in [5.41, 5.74) is 11.5. The second kappa shape index (κ2) is 10.2.